The van der Waals surface area contributed by atoms with Crippen LogP contribution in [-0.2, 0) is 4.79 Å². The van der Waals surface area contributed by atoms with Crippen LogP contribution in [-0.4, -0.2) is 71.7 Å². The first-order chi connectivity index (χ1) is 12.0. The predicted octanol–water partition coefficient (Wildman–Crippen LogP) is 0.868. The third-order valence-corrected chi connectivity index (χ3v) is 4.90. The van der Waals surface area contributed by atoms with Crippen molar-refractivity contribution in [3.8, 4) is 0 Å². The van der Waals surface area contributed by atoms with E-state index >= 15 is 0 Å². The fraction of sp³-hybridized carbons (Fsp3) is 0.647. The number of nitrogens with zero attached hydrogens (tertiary/aromatic N) is 3. The molecule has 1 aromatic rings. The van der Waals surface area contributed by atoms with Gasteiger partial charge >= 0.3 is 0 Å². The highest BCUT2D eigenvalue weighted by Crippen LogP contribution is 2.33. The quantitative estimate of drug-likeness (QED) is 0.840. The number of carbonyl (C=O) groups excluding carboxylic acids is 1. The summed E-state index contributed by atoms with van der Waals surface area (Å²) in [6.45, 7) is 3.08. The number of halogens is 2. The first-order valence-corrected chi connectivity index (χ1v) is 8.69. The van der Waals surface area contributed by atoms with Crippen LogP contribution >= 0.6 is 0 Å². The second-order valence-electron chi connectivity index (χ2n) is 6.72. The lowest BCUT2D eigenvalue weighted by molar-refractivity contribution is -0.149. The van der Waals surface area contributed by atoms with Gasteiger partial charge in [0.25, 0.3) is 5.92 Å². The van der Waals surface area contributed by atoms with E-state index in [0.717, 1.165) is 18.9 Å². The molecule has 0 aromatic carbocycles. The molecule has 1 saturated heterocycles. The molecule has 1 aromatic heterocycles. The fourth-order valence-electron chi connectivity index (χ4n) is 3.44. The Balaban J connectivity index is 1.45. The molecule has 2 aliphatic rings. The number of carbonyl (C=O) groups is 1. The number of amides is 1. The molecular formula is C17H24F2N4O2. The van der Waals surface area contributed by atoms with Crippen molar-refractivity contribution in [1.82, 2.24) is 15.2 Å². The molecule has 0 radical (unpaired) electrons. The Hall–Kier alpha value is -1.80. The zero-order chi connectivity index (χ0) is 17.9. The lowest BCUT2D eigenvalue weighted by Gasteiger charge is -2.37. The molecule has 0 bridgehead atoms. The van der Waals surface area contributed by atoms with Gasteiger partial charge in [0.05, 0.1) is 12.6 Å². The molecule has 0 spiro atoms. The Kier molecular flexibility index (Phi) is 5.48. The zero-order valence-electron chi connectivity index (χ0n) is 14.1. The van der Waals surface area contributed by atoms with E-state index in [4.69, 9.17) is 0 Å². The Morgan fingerprint density at radius 1 is 1.32 bits per heavy atom. The van der Waals surface area contributed by atoms with Crippen molar-refractivity contribution in [3.05, 3.63) is 24.4 Å². The summed E-state index contributed by atoms with van der Waals surface area (Å²) in [6, 6.07) is 4.89. The number of piperazine rings is 1. The van der Waals surface area contributed by atoms with E-state index in [2.05, 4.69) is 15.2 Å². The van der Waals surface area contributed by atoms with Gasteiger partial charge < -0.3 is 15.3 Å². The van der Waals surface area contributed by atoms with Gasteiger partial charge in [-0.05, 0) is 25.0 Å². The van der Waals surface area contributed by atoms with Gasteiger partial charge in [-0.1, -0.05) is 6.07 Å². The van der Waals surface area contributed by atoms with E-state index < -0.39 is 18.1 Å². The van der Waals surface area contributed by atoms with E-state index in [1.165, 1.54) is 0 Å². The molecule has 1 aliphatic heterocycles. The van der Waals surface area contributed by atoms with Crippen LogP contribution < -0.4 is 10.2 Å². The summed E-state index contributed by atoms with van der Waals surface area (Å²) in [4.78, 5) is 20.6. The highest BCUT2D eigenvalue weighted by Gasteiger charge is 2.46. The summed E-state index contributed by atoms with van der Waals surface area (Å²) in [7, 11) is 0. The second kappa shape index (κ2) is 7.61. The van der Waals surface area contributed by atoms with Crippen molar-refractivity contribution < 1.29 is 18.7 Å². The third kappa shape index (κ3) is 4.43. The highest BCUT2D eigenvalue weighted by molar-refractivity contribution is 5.78. The van der Waals surface area contributed by atoms with Gasteiger partial charge in [-0.2, -0.15) is 0 Å². The third-order valence-electron chi connectivity index (χ3n) is 4.90. The maximum Gasteiger partial charge on any atom is 0.275 e. The molecule has 2 N–H and O–H groups in total. The zero-order valence-corrected chi connectivity index (χ0v) is 14.1. The summed E-state index contributed by atoms with van der Waals surface area (Å²) >= 11 is 0. The normalized spacial score (nSPS) is 27.1. The average Bonchev–Trinajstić information content (AvgIpc) is 2.60. The highest BCUT2D eigenvalue weighted by atomic mass is 19.3. The van der Waals surface area contributed by atoms with Crippen LogP contribution in [0.4, 0.5) is 14.6 Å². The minimum absolute atomic E-state index is 0.158. The fourth-order valence-corrected chi connectivity index (χ4v) is 3.44. The Labute approximate surface area is 145 Å². The number of anilines is 1. The summed E-state index contributed by atoms with van der Waals surface area (Å²) in [5, 5.41) is 12.3. The number of hydrogen-bond donors (Lipinski definition) is 2. The molecule has 1 aliphatic carbocycles. The second-order valence-corrected chi connectivity index (χ2v) is 6.72. The Morgan fingerprint density at radius 3 is 2.76 bits per heavy atom. The molecule has 2 atom stereocenters. The van der Waals surface area contributed by atoms with Gasteiger partial charge in [-0.25, -0.2) is 13.8 Å². The van der Waals surface area contributed by atoms with E-state index in [-0.39, 0.29) is 18.9 Å². The minimum Gasteiger partial charge on any atom is -0.385 e. The lowest BCUT2D eigenvalue weighted by atomic mass is 9.89. The predicted molar refractivity (Wildman–Crippen MR) is 89.6 cm³/mol. The van der Waals surface area contributed by atoms with Gasteiger partial charge in [0.2, 0.25) is 5.91 Å². The summed E-state index contributed by atoms with van der Waals surface area (Å²) in [5.74, 6) is -2.52. The lowest BCUT2D eigenvalue weighted by Crippen LogP contribution is -2.56. The molecule has 2 heterocycles. The van der Waals surface area contributed by atoms with Crippen molar-refractivity contribution in [2.24, 2.45) is 0 Å². The molecule has 1 saturated carbocycles. The number of rotatable bonds is 4. The van der Waals surface area contributed by atoms with Gasteiger partial charge in [0.15, 0.2) is 0 Å². The van der Waals surface area contributed by atoms with Crippen LogP contribution in [0.25, 0.3) is 0 Å². The van der Waals surface area contributed by atoms with Crippen LogP contribution in [0.2, 0.25) is 0 Å². The Morgan fingerprint density at radius 2 is 2.08 bits per heavy atom. The topological polar surface area (TPSA) is 68.7 Å². The van der Waals surface area contributed by atoms with Crippen LogP contribution in [0.1, 0.15) is 19.3 Å². The molecule has 3 rings (SSSR count). The van der Waals surface area contributed by atoms with Crippen LogP contribution in [0.5, 0.6) is 0 Å². The standard InChI is InChI=1S/C17H24F2N4O2/c18-17(19)6-3-4-13(16(17)25)21-15(24)12-22-8-10-23(11-9-22)14-5-1-2-7-20-14/h1-2,5,7,13,16,25H,3-4,6,8-12H2,(H,21,24)/t13-,16+/m0/s1. The van der Waals surface area contributed by atoms with Crippen LogP contribution in [0, 0.1) is 0 Å². The van der Waals surface area contributed by atoms with E-state index in [1.54, 1.807) is 6.20 Å². The number of hydrogen-bond acceptors (Lipinski definition) is 5. The number of aliphatic hydroxyl groups excluding tert-OH is 1. The monoisotopic (exact) mass is 354 g/mol. The largest absolute Gasteiger partial charge is 0.385 e. The molecule has 6 nitrogen and oxygen atoms in total. The van der Waals surface area contributed by atoms with Crippen LogP contribution in [0.15, 0.2) is 24.4 Å². The van der Waals surface area contributed by atoms with Crippen molar-refractivity contribution in [3.63, 3.8) is 0 Å². The molecule has 1 amide bonds. The number of pyridine rings is 1. The molecule has 25 heavy (non-hydrogen) atoms. The molecule has 8 heteroatoms. The maximum atomic E-state index is 13.5. The molecule has 0 unspecified atom stereocenters. The Bertz CT molecular complexity index is 579. The minimum atomic E-state index is -3.12. The number of aromatic nitrogens is 1. The van der Waals surface area contributed by atoms with Crippen molar-refractivity contribution in [2.75, 3.05) is 37.6 Å². The number of alkyl halides is 2. The average molecular weight is 354 g/mol. The summed E-state index contributed by atoms with van der Waals surface area (Å²) in [5.41, 5.74) is 0. The molecule has 138 valence electrons. The van der Waals surface area contributed by atoms with E-state index in [0.29, 0.717) is 25.9 Å². The first-order valence-electron chi connectivity index (χ1n) is 8.69. The first kappa shape index (κ1) is 18.0. The molecular weight excluding hydrogens is 330 g/mol. The van der Waals surface area contributed by atoms with Gasteiger partial charge in [0, 0.05) is 38.8 Å². The molecule has 2 fully saturated rings. The van der Waals surface area contributed by atoms with E-state index in [1.807, 2.05) is 23.1 Å². The SMILES string of the molecule is O=C(CN1CCN(c2ccccn2)CC1)N[C@H]1CCCC(F)(F)[C@@H]1O. The smallest absolute Gasteiger partial charge is 0.275 e. The van der Waals surface area contributed by atoms with Crippen molar-refractivity contribution in [1.29, 1.82) is 0 Å². The van der Waals surface area contributed by atoms with Gasteiger partial charge in [0.1, 0.15) is 11.9 Å². The van der Waals surface area contributed by atoms with Crippen molar-refractivity contribution >= 4 is 11.7 Å². The van der Waals surface area contributed by atoms with Gasteiger partial charge in [-0.3, -0.25) is 9.69 Å². The van der Waals surface area contributed by atoms with E-state index in [9.17, 15) is 18.7 Å². The maximum absolute atomic E-state index is 13.5. The van der Waals surface area contributed by atoms with Crippen LogP contribution in [0.3, 0.4) is 0 Å². The van der Waals surface area contributed by atoms with Gasteiger partial charge in [-0.15, -0.1) is 0 Å². The number of nitrogens with one attached hydrogen (secondary N) is 1. The number of aliphatic hydroxyl groups is 1. The summed E-state index contributed by atoms with van der Waals surface area (Å²) in [6.07, 6.45) is 0.315. The van der Waals surface area contributed by atoms with Crippen molar-refractivity contribution in [2.45, 2.75) is 37.3 Å². The summed E-state index contributed by atoms with van der Waals surface area (Å²) < 4.78 is 27.1.